The molecular formula is C58H36N2S2. The average Bonchev–Trinajstić information content (AvgIpc) is 3.33. The van der Waals surface area contributed by atoms with Crippen molar-refractivity contribution in [2.24, 2.45) is 0 Å². The number of nitrogens with zero attached hydrogens (tertiary/aromatic N) is 2. The normalized spacial score (nSPS) is 13.0. The minimum absolute atomic E-state index is 1.14. The van der Waals surface area contributed by atoms with Crippen molar-refractivity contribution in [2.45, 2.75) is 19.6 Å². The molecule has 0 amide bonds. The minimum atomic E-state index is 1.14. The lowest BCUT2D eigenvalue weighted by Crippen LogP contribution is -2.15. The summed E-state index contributed by atoms with van der Waals surface area (Å²) in [6.07, 6.45) is 0. The maximum absolute atomic E-state index is 2.46. The van der Waals surface area contributed by atoms with Crippen LogP contribution in [-0.4, -0.2) is 0 Å². The Morgan fingerprint density at radius 2 is 0.597 bits per heavy atom. The third kappa shape index (κ3) is 5.61. The zero-order chi connectivity index (χ0) is 40.7. The molecule has 0 saturated heterocycles. The van der Waals surface area contributed by atoms with Crippen molar-refractivity contribution in [2.75, 3.05) is 9.80 Å². The van der Waals surface area contributed by atoms with Crippen LogP contribution in [0.1, 0.15) is 0 Å². The van der Waals surface area contributed by atoms with E-state index in [4.69, 9.17) is 0 Å². The number of rotatable bonds is 4. The van der Waals surface area contributed by atoms with Gasteiger partial charge in [-0.05, 0) is 150 Å². The summed E-state index contributed by atoms with van der Waals surface area (Å²) in [6, 6.07) is 81.0. The van der Waals surface area contributed by atoms with Crippen molar-refractivity contribution in [3.8, 4) is 22.3 Å². The molecule has 0 bridgehead atoms. The highest BCUT2D eigenvalue weighted by atomic mass is 32.2. The Morgan fingerprint density at radius 1 is 0.258 bits per heavy atom. The fraction of sp³-hybridized carbons (Fsp3) is 0. The number of hydrogen-bond donors (Lipinski definition) is 0. The fourth-order valence-electron chi connectivity index (χ4n) is 9.76. The van der Waals surface area contributed by atoms with Crippen molar-refractivity contribution in [1.29, 1.82) is 0 Å². The molecule has 0 radical (unpaired) electrons. The minimum Gasteiger partial charge on any atom is -0.308 e. The first-order chi connectivity index (χ1) is 30.7. The van der Waals surface area contributed by atoms with E-state index < -0.39 is 0 Å². The van der Waals surface area contributed by atoms with Gasteiger partial charge in [0.05, 0.1) is 22.7 Å². The molecule has 2 aliphatic heterocycles. The van der Waals surface area contributed by atoms with Gasteiger partial charge in [-0.2, -0.15) is 0 Å². The van der Waals surface area contributed by atoms with Gasteiger partial charge in [0.15, 0.2) is 0 Å². The van der Waals surface area contributed by atoms with E-state index in [1.807, 2.05) is 23.5 Å². The van der Waals surface area contributed by atoms with Gasteiger partial charge in [-0.25, -0.2) is 0 Å². The van der Waals surface area contributed by atoms with Crippen LogP contribution < -0.4 is 9.80 Å². The van der Waals surface area contributed by atoms with E-state index in [1.165, 1.54) is 108 Å². The first-order valence-electron chi connectivity index (χ1n) is 21.1. The largest absolute Gasteiger partial charge is 0.308 e. The monoisotopic (exact) mass is 824 g/mol. The molecule has 0 aliphatic carbocycles. The third-order valence-electron chi connectivity index (χ3n) is 12.5. The Hall–Kier alpha value is -7.24. The van der Waals surface area contributed by atoms with Gasteiger partial charge in [0, 0.05) is 31.0 Å². The second-order valence-corrected chi connectivity index (χ2v) is 18.2. The van der Waals surface area contributed by atoms with Crippen molar-refractivity contribution >= 4 is 101 Å². The Morgan fingerprint density at radius 3 is 0.984 bits per heavy atom. The lowest BCUT2D eigenvalue weighted by molar-refractivity contribution is 1.17. The average molecular weight is 825 g/mol. The van der Waals surface area contributed by atoms with E-state index in [0.717, 1.165) is 11.4 Å². The van der Waals surface area contributed by atoms with Gasteiger partial charge in [0.25, 0.3) is 0 Å². The standard InChI is InChI=1S/C58H36N2S2/c1-3-15-39-33-41(27-25-37(39)13-1)57-45-31-29-44(60-51-19-7-11-23-55(51)62-56-24-12-8-20-52(56)60)36-48(45)58(42-28-26-38-14-2-4-16-40(38)34-42)46-32-30-43(35-47(46)57)59-49-17-5-9-21-53(49)61-54-22-10-6-18-50(54)59/h1-36H. The second-order valence-electron chi connectivity index (χ2n) is 16.1. The molecule has 13 rings (SSSR count). The fourth-order valence-corrected chi connectivity index (χ4v) is 11.9. The molecule has 0 aromatic heterocycles. The molecule has 2 heterocycles. The van der Waals surface area contributed by atoms with Gasteiger partial charge >= 0.3 is 0 Å². The van der Waals surface area contributed by atoms with Gasteiger partial charge in [-0.3, -0.25) is 0 Å². The Balaban J connectivity index is 1.15. The van der Waals surface area contributed by atoms with E-state index in [9.17, 15) is 0 Å². The SMILES string of the molecule is c1ccc2c(c1)Sc1ccccc1N2c1ccc2c(-c3ccc4ccccc4c3)c3cc(N4c5ccccc5Sc5ccccc54)ccc3c(-c3ccc4ccccc4c3)c2c1. The summed E-state index contributed by atoms with van der Waals surface area (Å²) in [5.41, 5.74) is 11.9. The van der Waals surface area contributed by atoms with E-state index in [1.54, 1.807) is 0 Å². The molecular weight excluding hydrogens is 789 g/mol. The molecule has 2 aliphatic rings. The first kappa shape index (κ1) is 35.5. The Bertz CT molecular complexity index is 3300. The Labute approximate surface area is 368 Å². The van der Waals surface area contributed by atoms with Crippen LogP contribution in [0.5, 0.6) is 0 Å². The van der Waals surface area contributed by atoms with Gasteiger partial charge in [0.1, 0.15) is 0 Å². The summed E-state index contributed by atoms with van der Waals surface area (Å²) < 4.78 is 0. The van der Waals surface area contributed by atoms with Crippen molar-refractivity contribution in [1.82, 2.24) is 0 Å². The maximum Gasteiger partial charge on any atom is 0.0601 e. The molecule has 2 nitrogen and oxygen atoms in total. The predicted octanol–water partition coefficient (Wildman–Crippen LogP) is 17.5. The van der Waals surface area contributed by atoms with Crippen LogP contribution in [-0.2, 0) is 0 Å². The Kier molecular flexibility index (Phi) is 8.12. The zero-order valence-corrected chi connectivity index (χ0v) is 35.1. The lowest BCUT2D eigenvalue weighted by Gasteiger charge is -2.34. The number of anilines is 6. The molecule has 0 fully saturated rings. The second kappa shape index (κ2) is 14.2. The van der Waals surface area contributed by atoms with Crippen LogP contribution in [0.4, 0.5) is 34.1 Å². The molecule has 4 heteroatoms. The van der Waals surface area contributed by atoms with Crippen LogP contribution in [0, 0.1) is 0 Å². The van der Waals surface area contributed by atoms with Gasteiger partial charge < -0.3 is 9.80 Å². The van der Waals surface area contributed by atoms with Gasteiger partial charge in [0.2, 0.25) is 0 Å². The third-order valence-corrected chi connectivity index (χ3v) is 14.8. The summed E-state index contributed by atoms with van der Waals surface area (Å²) in [5.74, 6) is 0. The molecule has 0 N–H and O–H groups in total. The molecule has 0 saturated carbocycles. The van der Waals surface area contributed by atoms with Crippen molar-refractivity contribution in [3.05, 3.63) is 218 Å². The van der Waals surface area contributed by atoms with Crippen LogP contribution in [0.3, 0.4) is 0 Å². The van der Waals surface area contributed by atoms with Gasteiger partial charge in [-0.15, -0.1) is 0 Å². The number of para-hydroxylation sites is 4. The predicted molar refractivity (Wildman–Crippen MR) is 265 cm³/mol. The molecule has 11 aromatic carbocycles. The quantitative estimate of drug-likeness (QED) is 0.163. The van der Waals surface area contributed by atoms with E-state index in [0.29, 0.717) is 0 Å². The summed E-state index contributed by atoms with van der Waals surface area (Å²) in [6.45, 7) is 0. The van der Waals surface area contributed by atoms with E-state index in [-0.39, 0.29) is 0 Å². The van der Waals surface area contributed by atoms with Crippen LogP contribution >= 0.6 is 23.5 Å². The number of fused-ring (bicyclic) bond motifs is 8. The lowest BCUT2D eigenvalue weighted by atomic mass is 9.84. The van der Waals surface area contributed by atoms with Crippen LogP contribution in [0.25, 0.3) is 65.3 Å². The summed E-state index contributed by atoms with van der Waals surface area (Å²) >= 11 is 3.69. The smallest absolute Gasteiger partial charge is 0.0601 e. The van der Waals surface area contributed by atoms with E-state index >= 15 is 0 Å². The first-order valence-corrected chi connectivity index (χ1v) is 22.7. The number of hydrogen-bond acceptors (Lipinski definition) is 4. The van der Waals surface area contributed by atoms with Crippen LogP contribution in [0.2, 0.25) is 0 Å². The maximum atomic E-state index is 2.46. The van der Waals surface area contributed by atoms with Gasteiger partial charge in [-0.1, -0.05) is 157 Å². The highest BCUT2D eigenvalue weighted by Crippen LogP contribution is 2.55. The molecule has 62 heavy (non-hydrogen) atoms. The number of benzene rings is 11. The molecule has 11 aromatic rings. The summed E-state index contributed by atoms with van der Waals surface area (Å²) in [4.78, 5) is 9.92. The molecule has 0 atom stereocenters. The molecule has 290 valence electrons. The van der Waals surface area contributed by atoms with Crippen LogP contribution in [0.15, 0.2) is 238 Å². The summed E-state index contributed by atoms with van der Waals surface area (Å²) in [5, 5.41) is 9.82. The zero-order valence-electron chi connectivity index (χ0n) is 33.5. The molecule has 0 unspecified atom stereocenters. The summed E-state index contributed by atoms with van der Waals surface area (Å²) in [7, 11) is 0. The van der Waals surface area contributed by atoms with Crippen molar-refractivity contribution < 1.29 is 0 Å². The highest BCUT2D eigenvalue weighted by Gasteiger charge is 2.28. The molecule has 0 spiro atoms. The van der Waals surface area contributed by atoms with Crippen molar-refractivity contribution in [3.63, 3.8) is 0 Å². The van der Waals surface area contributed by atoms with E-state index in [2.05, 4.69) is 228 Å². The highest BCUT2D eigenvalue weighted by molar-refractivity contribution is 8.00. The topological polar surface area (TPSA) is 6.48 Å².